The quantitative estimate of drug-likeness (QED) is 0.894. The lowest BCUT2D eigenvalue weighted by atomic mass is 10.2. The molecule has 5 nitrogen and oxygen atoms in total. The molecule has 1 aliphatic heterocycles. The SMILES string of the molecule is CCC1CCCN1C(=O)Nc1ccc(C(=O)O)c(F)c1. The van der Waals surface area contributed by atoms with Crippen molar-refractivity contribution in [3.63, 3.8) is 0 Å². The first-order valence-electron chi connectivity index (χ1n) is 6.63. The molecule has 1 aliphatic rings. The predicted octanol–water partition coefficient (Wildman–Crippen LogP) is 2.93. The average molecular weight is 280 g/mol. The molecule has 0 aliphatic carbocycles. The molecule has 108 valence electrons. The molecule has 1 aromatic rings. The number of carbonyl (C=O) groups is 2. The molecule has 0 radical (unpaired) electrons. The monoisotopic (exact) mass is 280 g/mol. The van der Waals surface area contributed by atoms with Gasteiger partial charge >= 0.3 is 12.0 Å². The number of aromatic carboxylic acids is 1. The standard InChI is InChI=1S/C14H17FN2O3/c1-2-10-4-3-7-17(10)14(20)16-9-5-6-11(13(18)19)12(15)8-9/h5-6,8,10H,2-4,7H2,1H3,(H,16,20)(H,18,19). The average Bonchev–Trinajstić information content (AvgIpc) is 2.86. The lowest BCUT2D eigenvalue weighted by Crippen LogP contribution is -2.38. The molecule has 0 spiro atoms. The van der Waals surface area contributed by atoms with Crippen molar-refractivity contribution in [2.45, 2.75) is 32.2 Å². The van der Waals surface area contributed by atoms with E-state index >= 15 is 0 Å². The van der Waals surface area contributed by atoms with Crippen LogP contribution in [0.4, 0.5) is 14.9 Å². The number of benzene rings is 1. The minimum absolute atomic E-state index is 0.220. The largest absolute Gasteiger partial charge is 0.478 e. The van der Waals surface area contributed by atoms with Crippen molar-refractivity contribution < 1.29 is 19.1 Å². The van der Waals surface area contributed by atoms with Gasteiger partial charge in [0.25, 0.3) is 0 Å². The third-order valence-electron chi connectivity index (χ3n) is 3.56. The molecule has 1 heterocycles. The Morgan fingerprint density at radius 1 is 1.50 bits per heavy atom. The van der Waals surface area contributed by atoms with Gasteiger partial charge in [0.15, 0.2) is 0 Å². The van der Waals surface area contributed by atoms with Crippen molar-refractivity contribution in [2.75, 3.05) is 11.9 Å². The van der Waals surface area contributed by atoms with Crippen molar-refractivity contribution >= 4 is 17.7 Å². The number of hydrogen-bond acceptors (Lipinski definition) is 2. The van der Waals surface area contributed by atoms with Gasteiger partial charge in [-0.15, -0.1) is 0 Å². The van der Waals surface area contributed by atoms with Crippen molar-refractivity contribution in [2.24, 2.45) is 0 Å². The van der Waals surface area contributed by atoms with E-state index in [0.717, 1.165) is 31.4 Å². The van der Waals surface area contributed by atoms with E-state index in [-0.39, 0.29) is 17.8 Å². The first kappa shape index (κ1) is 14.3. The van der Waals surface area contributed by atoms with Crippen molar-refractivity contribution in [3.8, 4) is 0 Å². The van der Waals surface area contributed by atoms with Crippen LogP contribution in [-0.4, -0.2) is 34.6 Å². The van der Waals surface area contributed by atoms with E-state index in [1.165, 1.54) is 6.07 Å². The highest BCUT2D eigenvalue weighted by Gasteiger charge is 2.27. The molecular weight excluding hydrogens is 263 g/mol. The Morgan fingerprint density at radius 3 is 2.85 bits per heavy atom. The summed E-state index contributed by atoms with van der Waals surface area (Å²) in [6, 6.07) is 3.52. The number of carbonyl (C=O) groups excluding carboxylic acids is 1. The van der Waals surface area contributed by atoms with Gasteiger partial charge in [-0.3, -0.25) is 0 Å². The van der Waals surface area contributed by atoms with Gasteiger partial charge in [0.1, 0.15) is 5.82 Å². The zero-order valence-corrected chi connectivity index (χ0v) is 11.2. The third kappa shape index (κ3) is 2.89. The topological polar surface area (TPSA) is 69.6 Å². The molecule has 20 heavy (non-hydrogen) atoms. The second-order valence-corrected chi connectivity index (χ2v) is 4.83. The molecule has 1 saturated heterocycles. The van der Waals surface area contributed by atoms with Gasteiger partial charge in [0, 0.05) is 18.3 Å². The number of amides is 2. The van der Waals surface area contributed by atoms with E-state index in [1.54, 1.807) is 4.90 Å². The van der Waals surface area contributed by atoms with Gasteiger partial charge in [-0.05, 0) is 37.5 Å². The van der Waals surface area contributed by atoms with E-state index in [1.807, 2.05) is 6.92 Å². The number of urea groups is 1. The minimum atomic E-state index is -1.33. The molecular formula is C14H17FN2O3. The summed E-state index contributed by atoms with van der Waals surface area (Å²) >= 11 is 0. The van der Waals surface area contributed by atoms with Crippen molar-refractivity contribution in [1.82, 2.24) is 4.90 Å². The summed E-state index contributed by atoms with van der Waals surface area (Å²) in [6.07, 6.45) is 2.84. The number of nitrogens with zero attached hydrogens (tertiary/aromatic N) is 1. The Morgan fingerprint density at radius 2 is 2.25 bits per heavy atom. The van der Waals surface area contributed by atoms with E-state index in [4.69, 9.17) is 5.11 Å². The Kier molecular flexibility index (Phi) is 4.22. The van der Waals surface area contributed by atoms with Crippen molar-refractivity contribution in [3.05, 3.63) is 29.6 Å². The maximum atomic E-state index is 13.5. The van der Waals surface area contributed by atoms with Crippen LogP contribution in [0.1, 0.15) is 36.5 Å². The number of halogens is 1. The van der Waals surface area contributed by atoms with Crippen LogP contribution in [0.3, 0.4) is 0 Å². The minimum Gasteiger partial charge on any atom is -0.478 e. The summed E-state index contributed by atoms with van der Waals surface area (Å²) < 4.78 is 13.5. The molecule has 1 aromatic carbocycles. The van der Waals surface area contributed by atoms with Gasteiger partial charge in [-0.2, -0.15) is 0 Å². The van der Waals surface area contributed by atoms with Crippen molar-refractivity contribution in [1.29, 1.82) is 0 Å². The fourth-order valence-corrected chi connectivity index (χ4v) is 2.49. The summed E-state index contributed by atoms with van der Waals surface area (Å²) in [6.45, 7) is 2.72. The molecule has 2 N–H and O–H groups in total. The molecule has 6 heteroatoms. The van der Waals surface area contributed by atoms with Crippen LogP contribution in [0.15, 0.2) is 18.2 Å². The molecule has 2 amide bonds. The maximum absolute atomic E-state index is 13.5. The normalized spacial score (nSPS) is 18.1. The second-order valence-electron chi connectivity index (χ2n) is 4.83. The summed E-state index contributed by atoms with van der Waals surface area (Å²) in [7, 11) is 0. The second kappa shape index (κ2) is 5.90. The summed E-state index contributed by atoms with van der Waals surface area (Å²) in [5.74, 6) is -2.19. The van der Waals surface area contributed by atoms with Gasteiger partial charge in [-0.1, -0.05) is 6.92 Å². The molecule has 0 bridgehead atoms. The molecule has 1 atom stereocenters. The smallest absolute Gasteiger partial charge is 0.338 e. The predicted molar refractivity (Wildman–Crippen MR) is 72.4 cm³/mol. The van der Waals surface area contributed by atoms with E-state index < -0.39 is 17.3 Å². The zero-order valence-electron chi connectivity index (χ0n) is 11.2. The van der Waals surface area contributed by atoms with E-state index in [2.05, 4.69) is 5.32 Å². The van der Waals surface area contributed by atoms with Crippen LogP contribution in [-0.2, 0) is 0 Å². The van der Waals surface area contributed by atoms with Crippen LogP contribution < -0.4 is 5.32 Å². The van der Waals surface area contributed by atoms with Crippen LogP contribution in [0, 0.1) is 5.82 Å². The number of carboxylic acids is 1. The molecule has 1 fully saturated rings. The van der Waals surface area contributed by atoms with Crippen LogP contribution in [0.25, 0.3) is 0 Å². The molecule has 2 rings (SSSR count). The number of nitrogens with one attached hydrogen (secondary N) is 1. The van der Waals surface area contributed by atoms with Crippen LogP contribution in [0.2, 0.25) is 0 Å². The highest BCUT2D eigenvalue weighted by molar-refractivity contribution is 5.92. The molecule has 0 aromatic heterocycles. The Labute approximate surface area is 116 Å². The first-order chi connectivity index (χ1) is 9.52. The van der Waals surface area contributed by atoms with Gasteiger partial charge < -0.3 is 15.3 Å². The van der Waals surface area contributed by atoms with Gasteiger partial charge in [0.2, 0.25) is 0 Å². The fraction of sp³-hybridized carbons (Fsp3) is 0.429. The first-order valence-corrected chi connectivity index (χ1v) is 6.63. The molecule has 1 unspecified atom stereocenters. The fourth-order valence-electron chi connectivity index (χ4n) is 2.49. The van der Waals surface area contributed by atoms with Gasteiger partial charge in [-0.25, -0.2) is 14.0 Å². The number of carboxylic acid groups (broad SMARTS) is 1. The Hall–Kier alpha value is -2.11. The lowest BCUT2D eigenvalue weighted by Gasteiger charge is -2.24. The van der Waals surface area contributed by atoms with E-state index in [0.29, 0.717) is 6.54 Å². The summed E-state index contributed by atoms with van der Waals surface area (Å²) in [5, 5.41) is 11.4. The van der Waals surface area contributed by atoms with Crippen LogP contribution in [0.5, 0.6) is 0 Å². The zero-order chi connectivity index (χ0) is 14.7. The number of rotatable bonds is 3. The lowest BCUT2D eigenvalue weighted by molar-refractivity contribution is 0.0692. The number of hydrogen-bond donors (Lipinski definition) is 2. The van der Waals surface area contributed by atoms with Gasteiger partial charge in [0.05, 0.1) is 5.56 Å². The highest BCUT2D eigenvalue weighted by atomic mass is 19.1. The van der Waals surface area contributed by atoms with E-state index in [9.17, 15) is 14.0 Å². The summed E-state index contributed by atoms with van der Waals surface area (Å²) in [5.41, 5.74) is -0.144. The Balaban J connectivity index is 2.08. The van der Waals surface area contributed by atoms with Crippen LogP contribution >= 0.6 is 0 Å². The molecule has 0 saturated carbocycles. The number of likely N-dealkylation sites (tertiary alicyclic amines) is 1. The summed E-state index contributed by atoms with van der Waals surface area (Å²) in [4.78, 5) is 24.5. The third-order valence-corrected chi connectivity index (χ3v) is 3.56. The maximum Gasteiger partial charge on any atom is 0.338 e. The Bertz CT molecular complexity index is 533. The number of anilines is 1. The highest BCUT2D eigenvalue weighted by Crippen LogP contribution is 2.21.